The summed E-state index contributed by atoms with van der Waals surface area (Å²) >= 11 is 12.0. The number of halogens is 2. The maximum atomic E-state index is 13.0. The van der Waals surface area contributed by atoms with Gasteiger partial charge in [-0.3, -0.25) is 15.0 Å². The number of carbonyl (C=O) groups excluding carboxylic acids is 2. The quantitative estimate of drug-likeness (QED) is 0.315. The normalized spacial score (nSPS) is 13.0. The third-order valence-electron chi connectivity index (χ3n) is 5.60. The molecule has 0 saturated carbocycles. The summed E-state index contributed by atoms with van der Waals surface area (Å²) in [6, 6.07) is 13.3. The first kappa shape index (κ1) is 23.7. The van der Waals surface area contributed by atoms with Crippen LogP contribution in [0.5, 0.6) is 0 Å². The fraction of sp³-hybridized carbons (Fsp3) is 0.200. The van der Waals surface area contributed by atoms with Gasteiger partial charge in [-0.2, -0.15) is 0 Å². The van der Waals surface area contributed by atoms with Crippen molar-refractivity contribution in [3.8, 4) is 0 Å². The van der Waals surface area contributed by atoms with Crippen molar-refractivity contribution < 1.29 is 9.59 Å². The van der Waals surface area contributed by atoms with Crippen molar-refractivity contribution in [3.63, 3.8) is 0 Å². The van der Waals surface area contributed by atoms with Gasteiger partial charge in [0.2, 0.25) is 0 Å². The lowest BCUT2D eigenvalue weighted by Gasteiger charge is -2.18. The van der Waals surface area contributed by atoms with E-state index in [9.17, 15) is 9.59 Å². The number of carbonyl (C=O) groups is 2. The van der Waals surface area contributed by atoms with E-state index in [1.807, 2.05) is 4.90 Å². The van der Waals surface area contributed by atoms with E-state index in [1.54, 1.807) is 49.4 Å². The van der Waals surface area contributed by atoms with Crippen molar-refractivity contribution in [2.45, 2.75) is 19.8 Å². The van der Waals surface area contributed by atoms with E-state index >= 15 is 0 Å². The highest BCUT2D eigenvalue weighted by Crippen LogP contribution is 2.27. The van der Waals surface area contributed by atoms with Gasteiger partial charge in [-0.15, -0.1) is 0 Å². The van der Waals surface area contributed by atoms with Crippen LogP contribution in [-0.4, -0.2) is 40.6 Å². The Morgan fingerprint density at radius 2 is 1.59 bits per heavy atom. The number of aromatic nitrogens is 1. The van der Waals surface area contributed by atoms with E-state index in [4.69, 9.17) is 28.6 Å². The average molecular weight is 496 g/mol. The zero-order valence-electron chi connectivity index (χ0n) is 18.5. The second-order valence-corrected chi connectivity index (χ2v) is 8.91. The molecule has 174 valence electrons. The number of hydrogen-bond donors (Lipinski definition) is 3. The Bertz CT molecular complexity index is 1240. The minimum Gasteiger partial charge on any atom is -0.357 e. The molecule has 4 rings (SSSR count). The highest BCUT2D eigenvalue weighted by atomic mass is 35.5. The van der Waals surface area contributed by atoms with Gasteiger partial charge < -0.3 is 15.5 Å². The number of nitrogens with one attached hydrogen (secondary N) is 3. The van der Waals surface area contributed by atoms with Crippen LogP contribution >= 0.6 is 23.2 Å². The molecule has 2 aromatic carbocycles. The topological polar surface area (TPSA) is 98.2 Å². The smallest absolute Gasteiger partial charge is 0.258 e. The van der Waals surface area contributed by atoms with Crippen LogP contribution in [0.2, 0.25) is 10.0 Å². The minimum absolute atomic E-state index is 0.211. The van der Waals surface area contributed by atoms with Crippen LogP contribution in [0.15, 0.2) is 54.7 Å². The van der Waals surface area contributed by atoms with Crippen LogP contribution in [0.25, 0.3) is 0 Å². The number of pyridine rings is 1. The first-order valence-corrected chi connectivity index (χ1v) is 11.6. The number of amides is 2. The standard InChI is InChI=1S/C25H23Cl2N5O2/c1-15-12-19(27)13-20(25(34)30-21-9-8-18(26)14-29-21)22(15)31-24(33)17-6-4-16(5-7-17)23(28)32-10-2-3-11-32/h4-9,12-14,28H,2-3,10-11H2,1H3,(H,31,33)(H,29,30,34). The van der Waals surface area contributed by atoms with E-state index in [1.165, 1.54) is 12.3 Å². The number of rotatable bonds is 5. The molecule has 1 aromatic heterocycles. The Labute approximate surface area is 207 Å². The zero-order valence-corrected chi connectivity index (χ0v) is 20.0. The molecule has 0 atom stereocenters. The van der Waals surface area contributed by atoms with E-state index in [0.29, 0.717) is 38.5 Å². The number of likely N-dealkylation sites (tertiary alicyclic amines) is 1. The molecule has 7 nitrogen and oxygen atoms in total. The monoisotopic (exact) mass is 495 g/mol. The van der Waals surface area contributed by atoms with Gasteiger partial charge in [0, 0.05) is 35.4 Å². The molecule has 2 heterocycles. The van der Waals surface area contributed by atoms with Crippen LogP contribution in [-0.2, 0) is 0 Å². The summed E-state index contributed by atoms with van der Waals surface area (Å²) in [5.41, 5.74) is 2.38. The SMILES string of the molecule is Cc1cc(Cl)cc(C(=O)Nc2ccc(Cl)cn2)c1NC(=O)c1ccc(C(=N)N2CCCC2)cc1. The van der Waals surface area contributed by atoms with E-state index in [0.717, 1.165) is 31.5 Å². The van der Waals surface area contributed by atoms with Crippen molar-refractivity contribution in [1.82, 2.24) is 9.88 Å². The number of hydrogen-bond acceptors (Lipinski definition) is 4. The van der Waals surface area contributed by atoms with Crippen molar-refractivity contribution in [3.05, 3.63) is 87.0 Å². The minimum atomic E-state index is -0.467. The van der Waals surface area contributed by atoms with Gasteiger partial charge in [-0.1, -0.05) is 35.3 Å². The lowest BCUT2D eigenvalue weighted by Crippen LogP contribution is -2.27. The molecule has 1 aliphatic rings. The summed E-state index contributed by atoms with van der Waals surface area (Å²) in [4.78, 5) is 32.1. The van der Waals surface area contributed by atoms with Crippen LogP contribution < -0.4 is 10.6 Å². The first-order valence-electron chi connectivity index (χ1n) is 10.8. The van der Waals surface area contributed by atoms with Crippen LogP contribution in [0, 0.1) is 12.3 Å². The molecule has 0 aliphatic carbocycles. The Hall–Kier alpha value is -3.42. The first-order chi connectivity index (χ1) is 16.3. The maximum Gasteiger partial charge on any atom is 0.258 e. The molecular weight excluding hydrogens is 473 g/mol. The molecule has 0 radical (unpaired) electrons. The van der Waals surface area contributed by atoms with Crippen molar-refractivity contribution in [1.29, 1.82) is 5.41 Å². The van der Waals surface area contributed by atoms with Crippen molar-refractivity contribution in [2.24, 2.45) is 0 Å². The number of anilines is 2. The lowest BCUT2D eigenvalue weighted by molar-refractivity contribution is 0.102. The molecule has 0 unspecified atom stereocenters. The summed E-state index contributed by atoms with van der Waals surface area (Å²) in [5, 5.41) is 14.7. The Kier molecular flexibility index (Phi) is 7.14. The molecule has 3 N–H and O–H groups in total. The van der Waals surface area contributed by atoms with Gasteiger partial charge >= 0.3 is 0 Å². The molecule has 1 aliphatic heterocycles. The largest absolute Gasteiger partial charge is 0.357 e. The molecule has 34 heavy (non-hydrogen) atoms. The summed E-state index contributed by atoms with van der Waals surface area (Å²) in [6.45, 7) is 3.53. The van der Waals surface area contributed by atoms with E-state index in [-0.39, 0.29) is 11.5 Å². The third kappa shape index (κ3) is 5.38. The molecule has 9 heteroatoms. The summed E-state index contributed by atoms with van der Waals surface area (Å²) in [7, 11) is 0. The molecular formula is C25H23Cl2N5O2. The number of aryl methyl sites for hydroxylation is 1. The van der Waals surface area contributed by atoms with Gasteiger partial charge in [-0.05, 0) is 61.7 Å². The van der Waals surface area contributed by atoms with E-state index in [2.05, 4.69) is 15.6 Å². The van der Waals surface area contributed by atoms with Gasteiger partial charge in [0.05, 0.1) is 16.3 Å². The summed E-state index contributed by atoms with van der Waals surface area (Å²) < 4.78 is 0. The maximum absolute atomic E-state index is 13.0. The van der Waals surface area contributed by atoms with Crippen LogP contribution in [0.3, 0.4) is 0 Å². The summed E-state index contributed by atoms with van der Waals surface area (Å²) in [6.07, 6.45) is 3.61. The predicted octanol–water partition coefficient (Wildman–Crippen LogP) is 5.62. The van der Waals surface area contributed by atoms with E-state index < -0.39 is 5.91 Å². The van der Waals surface area contributed by atoms with Gasteiger partial charge in [0.15, 0.2) is 0 Å². The second-order valence-electron chi connectivity index (χ2n) is 8.04. The molecule has 0 spiro atoms. The Morgan fingerprint density at radius 3 is 2.24 bits per heavy atom. The predicted molar refractivity (Wildman–Crippen MR) is 135 cm³/mol. The second kappa shape index (κ2) is 10.2. The van der Waals surface area contributed by atoms with Gasteiger partial charge in [0.25, 0.3) is 11.8 Å². The zero-order chi connectivity index (χ0) is 24.2. The third-order valence-corrected chi connectivity index (χ3v) is 6.04. The molecule has 0 bridgehead atoms. The number of amidine groups is 1. The van der Waals surface area contributed by atoms with Crippen LogP contribution in [0.4, 0.5) is 11.5 Å². The van der Waals surface area contributed by atoms with Gasteiger partial charge in [0.1, 0.15) is 11.7 Å². The van der Waals surface area contributed by atoms with Crippen LogP contribution in [0.1, 0.15) is 44.7 Å². The Morgan fingerprint density at radius 1 is 0.912 bits per heavy atom. The lowest BCUT2D eigenvalue weighted by atomic mass is 10.1. The fourth-order valence-corrected chi connectivity index (χ4v) is 4.19. The van der Waals surface area contributed by atoms with Crippen molar-refractivity contribution >= 4 is 52.4 Å². The highest BCUT2D eigenvalue weighted by molar-refractivity contribution is 6.31. The molecule has 3 aromatic rings. The number of benzene rings is 2. The average Bonchev–Trinajstić information content (AvgIpc) is 3.36. The van der Waals surface area contributed by atoms with Crippen molar-refractivity contribution in [2.75, 3.05) is 23.7 Å². The fourth-order valence-electron chi connectivity index (χ4n) is 3.81. The highest BCUT2D eigenvalue weighted by Gasteiger charge is 2.20. The molecule has 2 amide bonds. The Balaban J connectivity index is 1.53. The summed E-state index contributed by atoms with van der Waals surface area (Å²) in [5.74, 6) is -0.0541. The number of nitrogens with zero attached hydrogens (tertiary/aromatic N) is 2. The molecule has 1 fully saturated rings. The van der Waals surface area contributed by atoms with Gasteiger partial charge in [-0.25, -0.2) is 4.98 Å². The molecule has 1 saturated heterocycles.